The van der Waals surface area contributed by atoms with Crippen LogP contribution in [0.5, 0.6) is 0 Å². The zero-order valence-electron chi connectivity index (χ0n) is 19.5. The Kier molecular flexibility index (Phi) is 7.06. The third-order valence-electron chi connectivity index (χ3n) is 5.38. The van der Waals surface area contributed by atoms with E-state index in [0.29, 0.717) is 25.3 Å². The molecule has 1 fully saturated rings. The Morgan fingerprint density at radius 3 is 2.59 bits per heavy atom. The molecule has 0 saturated carbocycles. The van der Waals surface area contributed by atoms with E-state index in [1.165, 1.54) is 5.01 Å². The molecule has 3 amide bonds. The summed E-state index contributed by atoms with van der Waals surface area (Å²) in [6, 6.07) is 8.47. The van der Waals surface area contributed by atoms with Gasteiger partial charge >= 0.3 is 6.09 Å². The SMILES string of the molecule is CC1N=C(C(=O)N2CCCC(CN(C)C(=O)OC(C)(C)C)C2)NN(c2ccccc2)C1=O. The van der Waals surface area contributed by atoms with E-state index in [1.54, 1.807) is 35.9 Å². The van der Waals surface area contributed by atoms with Crippen LogP contribution in [-0.4, -0.2) is 71.9 Å². The van der Waals surface area contributed by atoms with Gasteiger partial charge < -0.3 is 14.5 Å². The summed E-state index contributed by atoms with van der Waals surface area (Å²) in [6.45, 7) is 8.82. The van der Waals surface area contributed by atoms with Crippen molar-refractivity contribution >= 4 is 29.4 Å². The minimum Gasteiger partial charge on any atom is -0.444 e. The molecule has 174 valence electrons. The zero-order valence-corrected chi connectivity index (χ0v) is 19.5. The molecule has 32 heavy (non-hydrogen) atoms. The van der Waals surface area contributed by atoms with Crippen LogP contribution in [-0.2, 0) is 14.3 Å². The second kappa shape index (κ2) is 9.58. The predicted octanol–water partition coefficient (Wildman–Crippen LogP) is 2.43. The second-order valence-corrected chi connectivity index (χ2v) is 9.39. The number of para-hydroxylation sites is 1. The van der Waals surface area contributed by atoms with E-state index < -0.39 is 11.6 Å². The maximum Gasteiger partial charge on any atom is 0.410 e. The number of nitrogens with one attached hydrogen (secondary N) is 1. The predicted molar refractivity (Wildman–Crippen MR) is 122 cm³/mol. The second-order valence-electron chi connectivity index (χ2n) is 9.39. The maximum absolute atomic E-state index is 13.2. The van der Waals surface area contributed by atoms with Gasteiger partial charge in [0.1, 0.15) is 11.6 Å². The Hall–Kier alpha value is -3.10. The Labute approximate surface area is 189 Å². The lowest BCUT2D eigenvalue weighted by Crippen LogP contribution is -2.59. The van der Waals surface area contributed by atoms with Crippen molar-refractivity contribution in [3.05, 3.63) is 30.3 Å². The number of carbonyl (C=O) groups excluding carboxylic acids is 3. The summed E-state index contributed by atoms with van der Waals surface area (Å²) in [4.78, 5) is 45.7. The highest BCUT2D eigenvalue weighted by molar-refractivity contribution is 6.39. The summed E-state index contributed by atoms with van der Waals surface area (Å²) in [5, 5.41) is 1.38. The lowest BCUT2D eigenvalue weighted by molar-refractivity contribution is -0.126. The summed E-state index contributed by atoms with van der Waals surface area (Å²) in [5.41, 5.74) is 3.01. The molecule has 0 aromatic heterocycles. The van der Waals surface area contributed by atoms with Crippen molar-refractivity contribution in [3.8, 4) is 0 Å². The standard InChI is InChI=1S/C23H33N5O4/c1-16-20(29)28(18-11-7-6-8-12-18)25-19(24-16)21(30)27-13-9-10-17(15-27)14-26(5)22(31)32-23(2,3)4/h6-8,11-12,16-17H,9-10,13-15H2,1-5H3,(H,24,25). The van der Waals surface area contributed by atoms with Crippen LogP contribution in [0.1, 0.15) is 40.5 Å². The fourth-order valence-electron chi connectivity index (χ4n) is 3.85. The minimum atomic E-state index is -0.658. The normalized spacial score (nSPS) is 21.5. The number of anilines is 1. The van der Waals surface area contributed by atoms with Gasteiger partial charge in [0.15, 0.2) is 0 Å². The summed E-state index contributed by atoms with van der Waals surface area (Å²) in [7, 11) is 1.71. The number of hydrogen-bond acceptors (Lipinski definition) is 6. The lowest BCUT2D eigenvalue weighted by Gasteiger charge is -2.37. The van der Waals surface area contributed by atoms with Crippen LogP contribution >= 0.6 is 0 Å². The third-order valence-corrected chi connectivity index (χ3v) is 5.38. The minimum absolute atomic E-state index is 0.138. The molecule has 0 aliphatic carbocycles. The topological polar surface area (TPSA) is 94.6 Å². The van der Waals surface area contributed by atoms with Gasteiger partial charge in [-0.2, -0.15) is 0 Å². The number of carbonyl (C=O) groups is 3. The van der Waals surface area contributed by atoms with Gasteiger partial charge in [-0.05, 0) is 58.6 Å². The fraction of sp³-hybridized carbons (Fsp3) is 0.565. The molecule has 1 aromatic carbocycles. The number of likely N-dealkylation sites (tertiary alicyclic amines) is 1. The molecule has 2 atom stereocenters. The van der Waals surface area contributed by atoms with E-state index in [2.05, 4.69) is 10.4 Å². The van der Waals surface area contributed by atoms with Crippen molar-refractivity contribution < 1.29 is 19.1 Å². The van der Waals surface area contributed by atoms with Crippen molar-refractivity contribution in [2.75, 3.05) is 31.7 Å². The van der Waals surface area contributed by atoms with Gasteiger partial charge in [-0.1, -0.05) is 18.2 Å². The first-order valence-electron chi connectivity index (χ1n) is 11.0. The molecule has 9 heteroatoms. The summed E-state index contributed by atoms with van der Waals surface area (Å²) in [6.07, 6.45) is 1.38. The van der Waals surface area contributed by atoms with E-state index >= 15 is 0 Å². The number of aliphatic imine (C=N–C) groups is 1. The van der Waals surface area contributed by atoms with Crippen LogP contribution in [0.25, 0.3) is 0 Å². The molecule has 1 saturated heterocycles. The average molecular weight is 444 g/mol. The van der Waals surface area contributed by atoms with E-state index in [9.17, 15) is 14.4 Å². The monoisotopic (exact) mass is 443 g/mol. The van der Waals surface area contributed by atoms with Crippen molar-refractivity contribution in [2.45, 2.75) is 52.2 Å². The molecular formula is C23H33N5O4. The number of rotatable bonds is 4. The van der Waals surface area contributed by atoms with Crippen LogP contribution in [0.15, 0.2) is 35.3 Å². The molecular weight excluding hydrogens is 410 g/mol. The number of amides is 3. The number of benzene rings is 1. The summed E-state index contributed by atoms with van der Waals surface area (Å²) >= 11 is 0. The van der Waals surface area contributed by atoms with Crippen LogP contribution in [0.3, 0.4) is 0 Å². The van der Waals surface area contributed by atoms with E-state index in [-0.39, 0.29) is 29.7 Å². The molecule has 1 N–H and O–H groups in total. The van der Waals surface area contributed by atoms with Gasteiger partial charge in [0.2, 0.25) is 5.84 Å². The Balaban J connectivity index is 1.65. The van der Waals surface area contributed by atoms with Gasteiger partial charge in [0.05, 0.1) is 5.69 Å². The maximum atomic E-state index is 13.2. The van der Waals surface area contributed by atoms with Gasteiger partial charge in [-0.15, -0.1) is 0 Å². The highest BCUT2D eigenvalue weighted by atomic mass is 16.6. The van der Waals surface area contributed by atoms with Crippen molar-refractivity contribution in [3.63, 3.8) is 0 Å². The number of amidine groups is 1. The van der Waals surface area contributed by atoms with Crippen molar-refractivity contribution in [1.29, 1.82) is 0 Å². The zero-order chi connectivity index (χ0) is 23.5. The quantitative estimate of drug-likeness (QED) is 0.771. The molecule has 2 aliphatic rings. The Bertz CT molecular complexity index is 880. The number of piperidine rings is 1. The Morgan fingerprint density at radius 1 is 1.25 bits per heavy atom. The summed E-state index contributed by atoms with van der Waals surface area (Å²) < 4.78 is 5.43. The first kappa shape index (κ1) is 23.6. The fourth-order valence-corrected chi connectivity index (χ4v) is 3.85. The third kappa shape index (κ3) is 5.77. The van der Waals surface area contributed by atoms with E-state index in [4.69, 9.17) is 4.74 Å². The van der Waals surface area contributed by atoms with Crippen molar-refractivity contribution in [2.24, 2.45) is 10.9 Å². The largest absolute Gasteiger partial charge is 0.444 e. The average Bonchev–Trinajstić information content (AvgIpc) is 2.74. The molecule has 2 aliphatic heterocycles. The molecule has 2 unspecified atom stereocenters. The van der Waals surface area contributed by atoms with Crippen molar-refractivity contribution in [1.82, 2.24) is 15.2 Å². The molecule has 9 nitrogen and oxygen atoms in total. The Morgan fingerprint density at radius 2 is 1.94 bits per heavy atom. The first-order chi connectivity index (χ1) is 15.0. The number of ether oxygens (including phenoxy) is 1. The highest BCUT2D eigenvalue weighted by Crippen LogP contribution is 2.21. The number of hydrogen-bond donors (Lipinski definition) is 1. The first-order valence-corrected chi connectivity index (χ1v) is 11.0. The van der Waals surface area contributed by atoms with Crippen LogP contribution in [0.2, 0.25) is 0 Å². The lowest BCUT2D eigenvalue weighted by atomic mass is 9.97. The highest BCUT2D eigenvalue weighted by Gasteiger charge is 2.34. The van der Waals surface area contributed by atoms with Crippen LogP contribution in [0, 0.1) is 5.92 Å². The molecule has 3 rings (SSSR count). The van der Waals surface area contributed by atoms with Gasteiger partial charge in [-0.25, -0.2) is 14.8 Å². The molecule has 0 bridgehead atoms. The number of hydrazine groups is 1. The van der Waals surface area contributed by atoms with Gasteiger partial charge in [-0.3, -0.25) is 15.0 Å². The molecule has 0 radical (unpaired) electrons. The molecule has 1 aromatic rings. The summed E-state index contributed by atoms with van der Waals surface area (Å²) in [5.74, 6) is -0.168. The molecule has 0 spiro atoms. The molecule has 2 heterocycles. The van der Waals surface area contributed by atoms with E-state index in [0.717, 1.165) is 12.8 Å². The van der Waals surface area contributed by atoms with E-state index in [1.807, 2.05) is 39.0 Å². The van der Waals surface area contributed by atoms with Crippen LogP contribution in [0.4, 0.5) is 10.5 Å². The smallest absolute Gasteiger partial charge is 0.410 e. The van der Waals surface area contributed by atoms with Gasteiger partial charge in [0.25, 0.3) is 11.8 Å². The number of nitrogens with zero attached hydrogens (tertiary/aromatic N) is 4. The van der Waals surface area contributed by atoms with Crippen LogP contribution < -0.4 is 10.4 Å². The van der Waals surface area contributed by atoms with Gasteiger partial charge in [0, 0.05) is 26.7 Å².